The lowest BCUT2D eigenvalue weighted by Gasteiger charge is -2.20. The maximum atomic E-state index is 12.5. The second-order valence-corrected chi connectivity index (χ2v) is 6.17. The Bertz CT molecular complexity index is 1050. The van der Waals surface area contributed by atoms with E-state index in [-0.39, 0.29) is 12.5 Å². The van der Waals surface area contributed by atoms with Crippen molar-refractivity contribution < 1.29 is 4.79 Å². The van der Waals surface area contributed by atoms with E-state index in [9.17, 15) is 14.4 Å². The molecule has 2 heterocycles. The zero-order valence-corrected chi connectivity index (χ0v) is 14.8. The normalized spacial score (nSPS) is 11.0. The molecule has 2 N–H and O–H groups in total. The van der Waals surface area contributed by atoms with Gasteiger partial charge in [-0.1, -0.05) is 6.07 Å². The van der Waals surface area contributed by atoms with Gasteiger partial charge in [0.15, 0.2) is 0 Å². The summed E-state index contributed by atoms with van der Waals surface area (Å²) in [5.41, 5.74) is 1.97. The number of aromatic amines is 2. The minimum atomic E-state index is -0.588. The molecule has 0 saturated heterocycles. The number of aryl methyl sites for hydroxylation is 1. The van der Waals surface area contributed by atoms with Gasteiger partial charge in [0.1, 0.15) is 12.4 Å². The number of carbonyl (C=O) groups is 1. The van der Waals surface area contributed by atoms with Gasteiger partial charge in [-0.3, -0.25) is 19.1 Å². The average Bonchev–Trinajstić information content (AvgIpc) is 3.00. The molecule has 0 unspecified atom stereocenters. The van der Waals surface area contributed by atoms with Crippen molar-refractivity contribution >= 4 is 16.9 Å². The number of carbonyl (C=O) groups excluding carboxylic acids is 1. The van der Waals surface area contributed by atoms with Gasteiger partial charge < -0.3 is 9.88 Å². The molecule has 0 aliphatic rings. The van der Waals surface area contributed by atoms with E-state index in [4.69, 9.17) is 0 Å². The number of imidazole rings is 1. The highest BCUT2D eigenvalue weighted by molar-refractivity contribution is 5.76. The highest BCUT2D eigenvalue weighted by Gasteiger charge is 2.14. The van der Waals surface area contributed by atoms with E-state index in [0.29, 0.717) is 19.5 Å². The number of likely N-dealkylation sites (N-methyl/N-ethyl adjacent to an activating group) is 1. The standard InChI is InChI=1S/C18H21N5O3/c1-3-22(17(25)11-23-9-7-16(24)21-18(23)26)8-6-15-19-13-5-4-12(2)10-14(13)20-15/h4-5,7,9-10H,3,6,8,11H2,1-2H3,(H,19,20)(H,21,24,26). The monoisotopic (exact) mass is 355 g/mol. The summed E-state index contributed by atoms with van der Waals surface area (Å²) in [6.45, 7) is 4.82. The van der Waals surface area contributed by atoms with Gasteiger partial charge in [-0.2, -0.15) is 0 Å². The second-order valence-electron chi connectivity index (χ2n) is 6.17. The average molecular weight is 355 g/mol. The molecular weight excluding hydrogens is 334 g/mol. The summed E-state index contributed by atoms with van der Waals surface area (Å²) >= 11 is 0. The molecule has 0 bridgehead atoms. The van der Waals surface area contributed by atoms with E-state index in [1.165, 1.54) is 16.8 Å². The van der Waals surface area contributed by atoms with Crippen molar-refractivity contribution in [2.45, 2.75) is 26.8 Å². The van der Waals surface area contributed by atoms with Gasteiger partial charge >= 0.3 is 5.69 Å². The number of nitrogens with zero attached hydrogens (tertiary/aromatic N) is 3. The number of rotatable bonds is 6. The molecule has 0 radical (unpaired) electrons. The van der Waals surface area contributed by atoms with Crippen LogP contribution in [0.1, 0.15) is 18.3 Å². The number of aromatic nitrogens is 4. The molecule has 26 heavy (non-hydrogen) atoms. The lowest BCUT2D eigenvalue weighted by molar-refractivity contribution is -0.131. The number of benzene rings is 1. The molecule has 3 aromatic rings. The van der Waals surface area contributed by atoms with Crippen molar-refractivity contribution in [2.24, 2.45) is 0 Å². The van der Waals surface area contributed by atoms with Gasteiger partial charge in [-0.25, -0.2) is 9.78 Å². The Labute approximate surface area is 149 Å². The smallest absolute Gasteiger partial charge is 0.328 e. The summed E-state index contributed by atoms with van der Waals surface area (Å²) in [4.78, 5) is 46.9. The Morgan fingerprint density at radius 2 is 2.04 bits per heavy atom. The molecule has 0 saturated carbocycles. The first kappa shape index (κ1) is 17.7. The van der Waals surface area contributed by atoms with Crippen LogP contribution in [0.5, 0.6) is 0 Å². The topological polar surface area (TPSA) is 104 Å². The number of hydrogen-bond acceptors (Lipinski definition) is 4. The maximum absolute atomic E-state index is 12.5. The van der Waals surface area contributed by atoms with Crippen molar-refractivity contribution in [3.63, 3.8) is 0 Å². The summed E-state index contributed by atoms with van der Waals surface area (Å²) < 4.78 is 1.19. The lowest BCUT2D eigenvalue weighted by atomic mass is 10.2. The number of fused-ring (bicyclic) bond motifs is 1. The van der Waals surface area contributed by atoms with E-state index in [1.54, 1.807) is 4.90 Å². The van der Waals surface area contributed by atoms with Crippen LogP contribution < -0.4 is 11.2 Å². The number of amides is 1. The van der Waals surface area contributed by atoms with Gasteiger partial charge in [-0.15, -0.1) is 0 Å². The molecule has 136 valence electrons. The van der Waals surface area contributed by atoms with Gasteiger partial charge in [0.2, 0.25) is 5.91 Å². The zero-order chi connectivity index (χ0) is 18.7. The van der Waals surface area contributed by atoms with Crippen molar-refractivity contribution in [2.75, 3.05) is 13.1 Å². The number of H-pyrrole nitrogens is 2. The summed E-state index contributed by atoms with van der Waals surface area (Å²) in [6, 6.07) is 7.24. The van der Waals surface area contributed by atoms with Crippen LogP contribution in [0.25, 0.3) is 11.0 Å². The molecule has 8 nitrogen and oxygen atoms in total. The lowest BCUT2D eigenvalue weighted by Crippen LogP contribution is -2.39. The van der Waals surface area contributed by atoms with E-state index in [1.807, 2.05) is 32.0 Å². The van der Waals surface area contributed by atoms with Crippen molar-refractivity contribution in [3.05, 3.63) is 62.7 Å². The van der Waals surface area contributed by atoms with Gasteiger partial charge in [0, 0.05) is 31.8 Å². The van der Waals surface area contributed by atoms with E-state index >= 15 is 0 Å². The first-order chi connectivity index (χ1) is 12.5. The minimum Gasteiger partial charge on any atom is -0.342 e. The van der Waals surface area contributed by atoms with Crippen LogP contribution in [0.2, 0.25) is 0 Å². The Morgan fingerprint density at radius 1 is 1.23 bits per heavy atom. The molecular formula is C18H21N5O3. The third-order valence-corrected chi connectivity index (χ3v) is 4.24. The molecule has 2 aromatic heterocycles. The molecule has 0 aliphatic carbocycles. The molecule has 1 aromatic carbocycles. The van der Waals surface area contributed by atoms with Crippen LogP contribution in [0.15, 0.2) is 40.1 Å². The molecule has 3 rings (SSSR count). The highest BCUT2D eigenvalue weighted by atomic mass is 16.2. The molecule has 0 fully saturated rings. The molecule has 0 atom stereocenters. The van der Waals surface area contributed by atoms with Crippen LogP contribution in [0, 0.1) is 6.92 Å². The fraction of sp³-hybridized carbons (Fsp3) is 0.333. The van der Waals surface area contributed by atoms with Crippen molar-refractivity contribution in [1.82, 2.24) is 24.4 Å². The maximum Gasteiger partial charge on any atom is 0.328 e. The predicted molar refractivity (Wildman–Crippen MR) is 98.1 cm³/mol. The second kappa shape index (κ2) is 7.38. The Balaban J connectivity index is 1.67. The summed E-state index contributed by atoms with van der Waals surface area (Å²) in [7, 11) is 0. The highest BCUT2D eigenvalue weighted by Crippen LogP contribution is 2.13. The predicted octanol–water partition coefficient (Wildman–Crippen LogP) is 0.813. The Morgan fingerprint density at radius 3 is 2.77 bits per heavy atom. The molecule has 1 amide bonds. The van der Waals surface area contributed by atoms with E-state index in [2.05, 4.69) is 15.0 Å². The fourth-order valence-electron chi connectivity index (χ4n) is 2.81. The van der Waals surface area contributed by atoms with Gasteiger partial charge in [-0.05, 0) is 31.5 Å². The number of nitrogens with one attached hydrogen (secondary N) is 2. The fourth-order valence-corrected chi connectivity index (χ4v) is 2.81. The van der Waals surface area contributed by atoms with Crippen LogP contribution >= 0.6 is 0 Å². The van der Waals surface area contributed by atoms with Crippen LogP contribution in [-0.2, 0) is 17.8 Å². The van der Waals surface area contributed by atoms with Gasteiger partial charge in [0.05, 0.1) is 11.0 Å². The molecule has 0 aliphatic heterocycles. The third-order valence-electron chi connectivity index (χ3n) is 4.24. The third kappa shape index (κ3) is 3.90. The number of hydrogen-bond donors (Lipinski definition) is 2. The molecule has 0 spiro atoms. The summed E-state index contributed by atoms with van der Waals surface area (Å²) in [5, 5.41) is 0. The minimum absolute atomic E-state index is 0.108. The first-order valence-electron chi connectivity index (χ1n) is 8.49. The SMILES string of the molecule is CCN(CCc1nc2ccc(C)cc2[nH]1)C(=O)Cn1ccc(=O)[nH]c1=O. The van der Waals surface area contributed by atoms with Crippen LogP contribution in [0.3, 0.4) is 0 Å². The van der Waals surface area contributed by atoms with Crippen LogP contribution in [0.4, 0.5) is 0 Å². The summed E-state index contributed by atoms with van der Waals surface area (Å²) in [5.74, 6) is 0.631. The Kier molecular flexibility index (Phi) is 5.01. The van der Waals surface area contributed by atoms with E-state index in [0.717, 1.165) is 22.4 Å². The van der Waals surface area contributed by atoms with Crippen molar-refractivity contribution in [1.29, 1.82) is 0 Å². The van der Waals surface area contributed by atoms with Gasteiger partial charge in [0.25, 0.3) is 5.56 Å². The quantitative estimate of drug-likeness (QED) is 0.683. The largest absolute Gasteiger partial charge is 0.342 e. The Hall–Kier alpha value is -3.16. The molecule has 8 heteroatoms. The van der Waals surface area contributed by atoms with Crippen molar-refractivity contribution in [3.8, 4) is 0 Å². The van der Waals surface area contributed by atoms with Crippen LogP contribution in [-0.4, -0.2) is 43.4 Å². The zero-order valence-electron chi connectivity index (χ0n) is 14.8. The first-order valence-corrected chi connectivity index (χ1v) is 8.49. The van der Waals surface area contributed by atoms with E-state index < -0.39 is 11.2 Å². The summed E-state index contributed by atoms with van der Waals surface area (Å²) in [6.07, 6.45) is 1.92.